The SMILES string of the molecule is CO[Si](OC)(OC)O[SiH2]CCCNCCCCCCN. The molecule has 0 unspecified atom stereocenters. The van der Waals surface area contributed by atoms with Crippen LogP contribution in [0.2, 0.25) is 6.04 Å². The van der Waals surface area contributed by atoms with Gasteiger partial charge in [-0.05, 0) is 44.9 Å². The van der Waals surface area contributed by atoms with Crippen LogP contribution in [-0.2, 0) is 17.4 Å². The van der Waals surface area contributed by atoms with Crippen LogP contribution < -0.4 is 11.1 Å². The molecule has 0 aromatic carbocycles. The van der Waals surface area contributed by atoms with E-state index in [-0.39, 0.29) is 0 Å². The van der Waals surface area contributed by atoms with Gasteiger partial charge in [0, 0.05) is 21.3 Å². The van der Waals surface area contributed by atoms with E-state index < -0.39 is 18.8 Å². The molecule has 0 saturated carbocycles. The molecule has 0 spiro atoms. The Hall–Kier alpha value is 0.194. The van der Waals surface area contributed by atoms with Crippen molar-refractivity contribution in [3.63, 3.8) is 0 Å². The topological polar surface area (TPSA) is 75.0 Å². The van der Waals surface area contributed by atoms with Crippen LogP contribution in [0.4, 0.5) is 0 Å². The number of rotatable bonds is 15. The average molecular weight is 325 g/mol. The first-order chi connectivity index (χ1) is 9.74. The van der Waals surface area contributed by atoms with E-state index in [9.17, 15) is 0 Å². The van der Waals surface area contributed by atoms with Crippen LogP contribution >= 0.6 is 0 Å². The van der Waals surface area contributed by atoms with Crippen molar-refractivity contribution in [1.82, 2.24) is 5.32 Å². The first kappa shape index (κ1) is 20.2. The van der Waals surface area contributed by atoms with Crippen LogP contribution in [0, 0.1) is 0 Å². The molecule has 0 atom stereocenters. The molecule has 8 heteroatoms. The standard InChI is InChI=1S/C12H32N2O4Si2/c1-15-20(16-2,17-3)18-19-12-8-11-14-10-7-5-4-6-9-13/h14H,4-13,19H2,1-3H3. The average Bonchev–Trinajstić information content (AvgIpc) is 2.49. The molecule has 0 radical (unpaired) electrons. The molecular formula is C12H32N2O4Si2. The predicted molar refractivity (Wildman–Crippen MR) is 86.2 cm³/mol. The van der Waals surface area contributed by atoms with E-state index in [1.165, 1.54) is 19.3 Å². The molecule has 6 nitrogen and oxygen atoms in total. The van der Waals surface area contributed by atoms with Crippen molar-refractivity contribution in [1.29, 1.82) is 0 Å². The molecule has 0 saturated heterocycles. The van der Waals surface area contributed by atoms with Gasteiger partial charge in [-0.2, -0.15) is 0 Å². The van der Waals surface area contributed by atoms with Gasteiger partial charge in [-0.25, -0.2) is 0 Å². The summed E-state index contributed by atoms with van der Waals surface area (Å²) in [5, 5.41) is 3.45. The summed E-state index contributed by atoms with van der Waals surface area (Å²) in [6, 6.07) is 1.10. The lowest BCUT2D eigenvalue weighted by molar-refractivity contribution is 0.0523. The predicted octanol–water partition coefficient (Wildman–Crippen LogP) is 0.379. The highest BCUT2D eigenvalue weighted by molar-refractivity contribution is 6.60. The van der Waals surface area contributed by atoms with Crippen LogP contribution in [-0.4, -0.2) is 59.8 Å². The Kier molecular flexibility index (Phi) is 14.3. The zero-order valence-electron chi connectivity index (χ0n) is 13.3. The fraction of sp³-hybridized carbons (Fsp3) is 1.00. The van der Waals surface area contributed by atoms with Gasteiger partial charge in [0.15, 0.2) is 9.76 Å². The Balaban J connectivity index is 3.32. The first-order valence-corrected chi connectivity index (χ1v) is 10.7. The van der Waals surface area contributed by atoms with E-state index in [1.807, 2.05) is 0 Å². The fourth-order valence-corrected chi connectivity index (χ4v) is 5.79. The van der Waals surface area contributed by atoms with Gasteiger partial charge in [0.2, 0.25) is 0 Å². The second-order valence-corrected chi connectivity index (χ2v) is 9.12. The summed E-state index contributed by atoms with van der Waals surface area (Å²) in [6.07, 6.45) is 6.03. The second-order valence-electron chi connectivity index (χ2n) is 4.62. The lowest BCUT2D eigenvalue weighted by Gasteiger charge is -2.23. The zero-order valence-corrected chi connectivity index (χ0v) is 15.7. The van der Waals surface area contributed by atoms with Crippen molar-refractivity contribution in [2.75, 3.05) is 41.0 Å². The van der Waals surface area contributed by atoms with Gasteiger partial charge < -0.3 is 28.4 Å². The second kappa shape index (κ2) is 14.1. The maximum Gasteiger partial charge on any atom is 0.667 e. The van der Waals surface area contributed by atoms with E-state index in [4.69, 9.17) is 23.1 Å². The summed E-state index contributed by atoms with van der Waals surface area (Å²) in [6.45, 7) is 2.96. The van der Waals surface area contributed by atoms with Crippen molar-refractivity contribution < 1.29 is 17.4 Å². The van der Waals surface area contributed by atoms with E-state index in [1.54, 1.807) is 21.3 Å². The minimum Gasteiger partial charge on any atom is -0.400 e. The van der Waals surface area contributed by atoms with Gasteiger partial charge in [-0.1, -0.05) is 12.8 Å². The normalized spacial score (nSPS) is 12.6. The van der Waals surface area contributed by atoms with E-state index in [0.717, 1.165) is 38.5 Å². The van der Waals surface area contributed by atoms with Gasteiger partial charge in [0.1, 0.15) is 0 Å². The molecule has 0 fully saturated rings. The largest absolute Gasteiger partial charge is 0.667 e. The van der Waals surface area contributed by atoms with Crippen molar-refractivity contribution in [3.05, 3.63) is 0 Å². The molecule has 0 aliphatic rings. The Morgan fingerprint density at radius 3 is 2.10 bits per heavy atom. The van der Waals surface area contributed by atoms with Gasteiger partial charge in [0.05, 0.1) is 0 Å². The Labute approximate surface area is 127 Å². The molecular weight excluding hydrogens is 292 g/mol. The summed E-state index contributed by atoms with van der Waals surface area (Å²) in [5.41, 5.74) is 5.45. The number of unbranched alkanes of at least 4 members (excludes halogenated alkanes) is 3. The lowest BCUT2D eigenvalue weighted by atomic mass is 10.2. The molecule has 20 heavy (non-hydrogen) atoms. The van der Waals surface area contributed by atoms with Crippen LogP contribution in [0.15, 0.2) is 0 Å². The number of nitrogens with one attached hydrogen (secondary N) is 1. The number of nitrogens with two attached hydrogens (primary N) is 1. The molecule has 122 valence electrons. The molecule has 0 heterocycles. The first-order valence-electron chi connectivity index (χ1n) is 7.45. The highest BCUT2D eigenvalue weighted by atomic mass is 28.4. The molecule has 0 aliphatic carbocycles. The molecule has 0 amide bonds. The van der Waals surface area contributed by atoms with Gasteiger partial charge in [-0.3, -0.25) is 0 Å². The van der Waals surface area contributed by atoms with E-state index in [2.05, 4.69) is 5.32 Å². The van der Waals surface area contributed by atoms with Crippen LogP contribution in [0.3, 0.4) is 0 Å². The van der Waals surface area contributed by atoms with E-state index >= 15 is 0 Å². The van der Waals surface area contributed by atoms with Crippen molar-refractivity contribution in [2.24, 2.45) is 5.73 Å². The zero-order chi connectivity index (χ0) is 15.1. The molecule has 3 N–H and O–H groups in total. The Morgan fingerprint density at radius 2 is 1.50 bits per heavy atom. The summed E-state index contributed by atoms with van der Waals surface area (Å²) in [7, 11) is 1.28. The van der Waals surface area contributed by atoms with E-state index in [0.29, 0.717) is 0 Å². The summed E-state index contributed by atoms with van der Waals surface area (Å²) in [5.74, 6) is 0. The van der Waals surface area contributed by atoms with Crippen LogP contribution in [0.5, 0.6) is 0 Å². The fourth-order valence-electron chi connectivity index (χ4n) is 1.85. The molecule has 0 bridgehead atoms. The van der Waals surface area contributed by atoms with Crippen molar-refractivity contribution in [3.8, 4) is 0 Å². The third-order valence-electron chi connectivity index (χ3n) is 3.08. The summed E-state index contributed by atoms with van der Waals surface area (Å²) in [4.78, 5) is 0. The molecule has 0 aromatic heterocycles. The summed E-state index contributed by atoms with van der Waals surface area (Å²) < 4.78 is 21.4. The summed E-state index contributed by atoms with van der Waals surface area (Å²) >= 11 is 0. The monoisotopic (exact) mass is 324 g/mol. The quantitative estimate of drug-likeness (QED) is 0.335. The van der Waals surface area contributed by atoms with Crippen LogP contribution in [0.1, 0.15) is 32.1 Å². The van der Waals surface area contributed by atoms with Crippen LogP contribution in [0.25, 0.3) is 0 Å². The Bertz CT molecular complexity index is 202. The highest BCUT2D eigenvalue weighted by Crippen LogP contribution is 2.07. The third kappa shape index (κ3) is 10.00. The maximum absolute atomic E-state index is 5.72. The minimum atomic E-state index is -2.78. The van der Waals surface area contributed by atoms with Gasteiger partial charge >= 0.3 is 9.05 Å². The van der Waals surface area contributed by atoms with Crippen molar-refractivity contribution in [2.45, 2.75) is 38.1 Å². The highest BCUT2D eigenvalue weighted by Gasteiger charge is 2.41. The Morgan fingerprint density at radius 1 is 0.900 bits per heavy atom. The van der Waals surface area contributed by atoms with Gasteiger partial charge in [0.25, 0.3) is 0 Å². The molecule has 0 aromatic rings. The maximum atomic E-state index is 5.72. The van der Waals surface area contributed by atoms with Gasteiger partial charge in [-0.15, -0.1) is 0 Å². The third-order valence-corrected chi connectivity index (χ3v) is 7.60. The lowest BCUT2D eigenvalue weighted by Crippen LogP contribution is -2.47. The molecule has 0 rings (SSSR count). The minimum absolute atomic E-state index is 0.644. The number of hydrogen-bond acceptors (Lipinski definition) is 6. The van der Waals surface area contributed by atoms with Crippen molar-refractivity contribution >= 4 is 18.8 Å². The number of hydrogen-bond donors (Lipinski definition) is 2. The smallest absolute Gasteiger partial charge is 0.400 e. The molecule has 0 aliphatic heterocycles.